The van der Waals surface area contributed by atoms with E-state index in [1.54, 1.807) is 12.1 Å². The number of hydrogen-bond acceptors (Lipinski definition) is 1. The minimum Gasteiger partial charge on any atom is -0.349 e. The Bertz CT molecular complexity index is 649. The van der Waals surface area contributed by atoms with Gasteiger partial charge in [-0.25, -0.2) is 4.39 Å². The van der Waals surface area contributed by atoms with Crippen LogP contribution in [-0.2, 0) is 11.2 Å². The predicted octanol–water partition coefficient (Wildman–Crippen LogP) is 4.25. The third kappa shape index (κ3) is 4.17. The summed E-state index contributed by atoms with van der Waals surface area (Å²) in [6, 6.07) is 12.3. The fourth-order valence-electron chi connectivity index (χ4n) is 2.44. The quantitative estimate of drug-likeness (QED) is 0.878. The van der Waals surface area contributed by atoms with Crippen LogP contribution in [0.5, 0.6) is 0 Å². The molecule has 2 nitrogen and oxygen atoms in total. The Balaban J connectivity index is 2.04. The SMILES string of the molecule is CC[C@@H](NC(=O)Cc1ccc(F)cc1)c1ccc(C)c(C)c1. The van der Waals surface area contributed by atoms with Crippen LogP contribution in [0.3, 0.4) is 0 Å². The zero-order valence-electron chi connectivity index (χ0n) is 13.3. The second-order valence-corrected chi connectivity index (χ2v) is 5.68. The summed E-state index contributed by atoms with van der Waals surface area (Å²) in [5.41, 5.74) is 4.41. The van der Waals surface area contributed by atoms with Crippen molar-refractivity contribution in [1.82, 2.24) is 5.32 Å². The Hall–Kier alpha value is -2.16. The van der Waals surface area contributed by atoms with E-state index < -0.39 is 0 Å². The summed E-state index contributed by atoms with van der Waals surface area (Å²) in [7, 11) is 0. The van der Waals surface area contributed by atoms with Gasteiger partial charge in [0.05, 0.1) is 12.5 Å². The number of nitrogens with one attached hydrogen (secondary N) is 1. The Kier molecular flexibility index (Phi) is 5.31. The highest BCUT2D eigenvalue weighted by atomic mass is 19.1. The van der Waals surface area contributed by atoms with Crippen molar-refractivity contribution in [2.45, 2.75) is 39.7 Å². The second kappa shape index (κ2) is 7.21. The van der Waals surface area contributed by atoms with Crippen molar-refractivity contribution >= 4 is 5.91 Å². The zero-order valence-corrected chi connectivity index (χ0v) is 13.3. The molecule has 0 radical (unpaired) electrons. The lowest BCUT2D eigenvalue weighted by molar-refractivity contribution is -0.121. The van der Waals surface area contributed by atoms with Crippen LogP contribution < -0.4 is 5.32 Å². The van der Waals surface area contributed by atoms with E-state index in [2.05, 4.69) is 44.3 Å². The minimum atomic E-state index is -0.286. The monoisotopic (exact) mass is 299 g/mol. The van der Waals surface area contributed by atoms with Crippen LogP contribution >= 0.6 is 0 Å². The molecule has 0 unspecified atom stereocenters. The van der Waals surface area contributed by atoms with Crippen molar-refractivity contribution < 1.29 is 9.18 Å². The normalized spacial score (nSPS) is 12.0. The largest absolute Gasteiger partial charge is 0.349 e. The van der Waals surface area contributed by atoms with Crippen LogP contribution in [0.25, 0.3) is 0 Å². The third-order valence-electron chi connectivity index (χ3n) is 3.95. The highest BCUT2D eigenvalue weighted by molar-refractivity contribution is 5.79. The Morgan fingerprint density at radius 2 is 1.77 bits per heavy atom. The second-order valence-electron chi connectivity index (χ2n) is 5.68. The smallest absolute Gasteiger partial charge is 0.224 e. The molecule has 0 heterocycles. The first-order valence-corrected chi connectivity index (χ1v) is 7.60. The van der Waals surface area contributed by atoms with Gasteiger partial charge in [-0.15, -0.1) is 0 Å². The summed E-state index contributed by atoms with van der Waals surface area (Å²) in [4.78, 5) is 12.2. The Labute approximate surface area is 131 Å². The topological polar surface area (TPSA) is 29.1 Å². The maximum Gasteiger partial charge on any atom is 0.224 e. The molecular formula is C19H22FNO. The first-order chi connectivity index (χ1) is 10.5. The average molecular weight is 299 g/mol. The maximum atomic E-state index is 12.9. The molecule has 0 aliphatic rings. The number of halogens is 1. The van der Waals surface area contributed by atoms with Gasteiger partial charge in [0, 0.05) is 0 Å². The van der Waals surface area contributed by atoms with Gasteiger partial charge in [-0.1, -0.05) is 37.3 Å². The van der Waals surface area contributed by atoms with Gasteiger partial charge in [0.25, 0.3) is 0 Å². The molecule has 0 fully saturated rings. The van der Waals surface area contributed by atoms with Crippen molar-refractivity contribution in [3.8, 4) is 0 Å². The molecule has 1 amide bonds. The van der Waals surface area contributed by atoms with Gasteiger partial charge in [-0.3, -0.25) is 4.79 Å². The molecule has 1 atom stereocenters. The highest BCUT2D eigenvalue weighted by Crippen LogP contribution is 2.20. The minimum absolute atomic E-state index is 0.00671. The number of carbonyl (C=O) groups excluding carboxylic acids is 1. The van der Waals surface area contributed by atoms with Gasteiger partial charge in [-0.2, -0.15) is 0 Å². The molecule has 2 rings (SSSR count). The zero-order chi connectivity index (χ0) is 16.1. The summed E-state index contributed by atoms with van der Waals surface area (Å²) in [5.74, 6) is -0.331. The first-order valence-electron chi connectivity index (χ1n) is 7.60. The third-order valence-corrected chi connectivity index (χ3v) is 3.95. The Morgan fingerprint density at radius 1 is 1.09 bits per heavy atom. The van der Waals surface area contributed by atoms with E-state index in [4.69, 9.17) is 0 Å². The summed E-state index contributed by atoms with van der Waals surface area (Å²) in [5, 5.41) is 3.06. The average Bonchev–Trinajstić information content (AvgIpc) is 2.50. The fourth-order valence-corrected chi connectivity index (χ4v) is 2.44. The standard InChI is InChI=1S/C19H22FNO/c1-4-18(16-8-5-13(2)14(3)11-16)21-19(22)12-15-6-9-17(20)10-7-15/h5-11,18H,4,12H2,1-3H3,(H,21,22)/t18-/m1/s1. The van der Waals surface area contributed by atoms with Crippen molar-refractivity contribution in [2.75, 3.05) is 0 Å². The maximum absolute atomic E-state index is 12.9. The van der Waals surface area contributed by atoms with E-state index in [9.17, 15) is 9.18 Å². The molecule has 0 saturated carbocycles. The lowest BCUT2D eigenvalue weighted by Gasteiger charge is -2.18. The number of benzene rings is 2. The Morgan fingerprint density at radius 3 is 2.36 bits per heavy atom. The van der Waals surface area contributed by atoms with E-state index >= 15 is 0 Å². The van der Waals surface area contributed by atoms with E-state index in [-0.39, 0.29) is 24.2 Å². The lowest BCUT2D eigenvalue weighted by atomic mass is 9.99. The molecule has 1 N–H and O–H groups in total. The molecule has 0 bridgehead atoms. The lowest BCUT2D eigenvalue weighted by Crippen LogP contribution is -2.29. The molecule has 22 heavy (non-hydrogen) atoms. The molecule has 0 aliphatic heterocycles. The van der Waals surface area contributed by atoms with E-state index in [1.165, 1.54) is 23.3 Å². The molecule has 116 valence electrons. The number of rotatable bonds is 5. The van der Waals surface area contributed by atoms with E-state index in [0.717, 1.165) is 17.5 Å². The summed E-state index contributed by atoms with van der Waals surface area (Å²) in [6.45, 7) is 6.21. The number of carbonyl (C=O) groups is 1. The van der Waals surface area contributed by atoms with Crippen LogP contribution in [0.1, 0.15) is 41.6 Å². The fraction of sp³-hybridized carbons (Fsp3) is 0.316. The van der Waals surface area contributed by atoms with Crippen LogP contribution in [0.2, 0.25) is 0 Å². The van der Waals surface area contributed by atoms with Crippen LogP contribution in [0, 0.1) is 19.7 Å². The molecule has 0 aliphatic carbocycles. The van der Waals surface area contributed by atoms with Gasteiger partial charge >= 0.3 is 0 Å². The van der Waals surface area contributed by atoms with Gasteiger partial charge in [0.2, 0.25) is 5.91 Å². The molecule has 2 aromatic rings. The van der Waals surface area contributed by atoms with E-state index in [1.807, 2.05) is 0 Å². The summed E-state index contributed by atoms with van der Waals surface area (Å²) < 4.78 is 12.9. The molecule has 0 spiro atoms. The summed E-state index contributed by atoms with van der Waals surface area (Å²) >= 11 is 0. The van der Waals surface area contributed by atoms with Crippen molar-refractivity contribution in [3.05, 3.63) is 70.5 Å². The molecule has 2 aromatic carbocycles. The van der Waals surface area contributed by atoms with Crippen LogP contribution in [0.15, 0.2) is 42.5 Å². The number of aryl methyl sites for hydroxylation is 2. The predicted molar refractivity (Wildman–Crippen MR) is 87.2 cm³/mol. The molecular weight excluding hydrogens is 277 g/mol. The molecule has 0 aromatic heterocycles. The van der Waals surface area contributed by atoms with Crippen molar-refractivity contribution in [3.63, 3.8) is 0 Å². The van der Waals surface area contributed by atoms with E-state index in [0.29, 0.717) is 0 Å². The van der Waals surface area contributed by atoms with Gasteiger partial charge in [-0.05, 0) is 54.7 Å². The van der Waals surface area contributed by atoms with Crippen molar-refractivity contribution in [1.29, 1.82) is 0 Å². The summed E-state index contributed by atoms with van der Waals surface area (Å²) in [6.07, 6.45) is 1.10. The molecule has 3 heteroatoms. The highest BCUT2D eigenvalue weighted by Gasteiger charge is 2.13. The number of hydrogen-bond donors (Lipinski definition) is 1. The van der Waals surface area contributed by atoms with Crippen LogP contribution in [-0.4, -0.2) is 5.91 Å². The van der Waals surface area contributed by atoms with Crippen molar-refractivity contribution in [2.24, 2.45) is 0 Å². The molecule has 0 saturated heterocycles. The van der Waals surface area contributed by atoms with Crippen LogP contribution in [0.4, 0.5) is 4.39 Å². The van der Waals surface area contributed by atoms with Gasteiger partial charge < -0.3 is 5.32 Å². The number of amides is 1. The first kappa shape index (κ1) is 16.2. The van der Waals surface area contributed by atoms with Gasteiger partial charge in [0.1, 0.15) is 5.82 Å². The van der Waals surface area contributed by atoms with Gasteiger partial charge in [0.15, 0.2) is 0 Å².